The van der Waals surface area contributed by atoms with Crippen molar-refractivity contribution in [2.75, 3.05) is 13.7 Å². The topological polar surface area (TPSA) is 78.9 Å². The molecule has 0 saturated heterocycles. The lowest BCUT2D eigenvalue weighted by Gasteiger charge is -2.09. The molecule has 0 radical (unpaired) electrons. The molecule has 2 aromatic carbocycles. The molecule has 0 unspecified atom stereocenters. The number of methoxy groups -OCH3 is 1. The number of nitrogens with zero attached hydrogens (tertiary/aromatic N) is 5. The molecule has 0 aliphatic heterocycles. The summed E-state index contributed by atoms with van der Waals surface area (Å²) in [4.78, 5) is 4.51. The van der Waals surface area contributed by atoms with Gasteiger partial charge in [0, 0.05) is 37.3 Å². The van der Waals surface area contributed by atoms with Crippen molar-refractivity contribution >= 4 is 23.4 Å². The number of hydrogen-bond donors (Lipinski definition) is 0. The Hall–Kier alpha value is -2.68. The van der Waals surface area contributed by atoms with E-state index in [1.165, 1.54) is 11.8 Å². The maximum atomic E-state index is 6.03. The van der Waals surface area contributed by atoms with Gasteiger partial charge in [-0.05, 0) is 36.2 Å². The lowest BCUT2D eigenvalue weighted by atomic mass is 10.1. The van der Waals surface area contributed by atoms with Crippen molar-refractivity contribution in [2.24, 2.45) is 0 Å². The Bertz CT molecular complexity index is 1100. The number of hydrogen-bond acceptors (Lipinski definition) is 7. The molecular weight excluding hydrogens is 434 g/mol. The molecule has 7 nitrogen and oxygen atoms in total. The van der Waals surface area contributed by atoms with Gasteiger partial charge in [-0.2, -0.15) is 4.98 Å². The van der Waals surface area contributed by atoms with Crippen LogP contribution in [0.2, 0.25) is 5.02 Å². The quantitative estimate of drug-likeness (QED) is 0.248. The first kappa shape index (κ1) is 21.5. The second-order valence-electron chi connectivity index (χ2n) is 6.87. The normalized spacial score (nSPS) is 11.2. The van der Waals surface area contributed by atoms with E-state index in [0.717, 1.165) is 35.1 Å². The van der Waals surface area contributed by atoms with Gasteiger partial charge in [-0.3, -0.25) is 0 Å². The van der Waals surface area contributed by atoms with Gasteiger partial charge in [0.15, 0.2) is 16.8 Å². The molecule has 4 rings (SSSR count). The van der Waals surface area contributed by atoms with E-state index >= 15 is 0 Å². The monoisotopic (exact) mass is 455 g/mol. The summed E-state index contributed by atoms with van der Waals surface area (Å²) in [6.07, 6.45) is 1.49. The first-order chi connectivity index (χ1) is 15.2. The zero-order valence-corrected chi connectivity index (χ0v) is 18.6. The summed E-state index contributed by atoms with van der Waals surface area (Å²) in [5.41, 5.74) is 2.11. The zero-order valence-electron chi connectivity index (χ0n) is 17.1. The van der Waals surface area contributed by atoms with Gasteiger partial charge in [0.1, 0.15) is 0 Å². The van der Waals surface area contributed by atoms with Gasteiger partial charge in [-0.15, -0.1) is 10.2 Å². The summed E-state index contributed by atoms with van der Waals surface area (Å²) in [5, 5.41) is 14.4. The maximum absolute atomic E-state index is 6.03. The third-order valence-electron chi connectivity index (χ3n) is 4.59. The number of aromatic nitrogens is 5. The average molecular weight is 456 g/mol. The molecule has 9 heteroatoms. The van der Waals surface area contributed by atoms with Crippen LogP contribution in [0.3, 0.4) is 0 Å². The van der Waals surface area contributed by atoms with Crippen molar-refractivity contribution in [3.05, 3.63) is 76.9 Å². The minimum Gasteiger partial charge on any atom is -0.385 e. The van der Waals surface area contributed by atoms with Crippen LogP contribution in [0.5, 0.6) is 0 Å². The van der Waals surface area contributed by atoms with E-state index in [1.54, 1.807) is 7.11 Å². The molecular formula is C22H22ClN5O2S. The smallest absolute Gasteiger partial charge is 0.237 e. The fourth-order valence-corrected chi connectivity index (χ4v) is 4.03. The van der Waals surface area contributed by atoms with E-state index in [2.05, 4.69) is 24.9 Å². The van der Waals surface area contributed by atoms with Crippen molar-refractivity contribution in [1.29, 1.82) is 0 Å². The highest BCUT2D eigenvalue weighted by molar-refractivity contribution is 7.98. The molecule has 0 N–H and O–H groups in total. The standard InChI is InChI=1S/C22H22ClN5O2S/c1-29-13-5-12-28-21(17-8-10-18(23)11-9-17)25-26-22(28)31-15-20-24-19(27-30-20)14-16-6-3-2-4-7-16/h2-4,6-11H,5,12-15H2,1H3. The second-order valence-corrected chi connectivity index (χ2v) is 8.25. The molecule has 0 amide bonds. The van der Waals surface area contributed by atoms with E-state index in [4.69, 9.17) is 20.9 Å². The predicted octanol–water partition coefficient (Wildman–Crippen LogP) is 4.90. The lowest BCUT2D eigenvalue weighted by Crippen LogP contribution is -2.05. The molecule has 31 heavy (non-hydrogen) atoms. The number of thioether (sulfide) groups is 1. The highest BCUT2D eigenvalue weighted by atomic mass is 35.5. The van der Waals surface area contributed by atoms with Crippen LogP contribution in [0.4, 0.5) is 0 Å². The van der Waals surface area contributed by atoms with Gasteiger partial charge in [0.25, 0.3) is 0 Å². The molecule has 0 fully saturated rings. The Labute approximate surface area is 189 Å². The minimum absolute atomic E-state index is 0.519. The molecule has 4 aromatic rings. The van der Waals surface area contributed by atoms with Crippen LogP contribution in [-0.2, 0) is 23.5 Å². The van der Waals surface area contributed by atoms with Crippen molar-refractivity contribution in [1.82, 2.24) is 24.9 Å². The Morgan fingerprint density at radius 3 is 2.65 bits per heavy atom. The second kappa shape index (κ2) is 10.6. The van der Waals surface area contributed by atoms with Crippen molar-refractivity contribution < 1.29 is 9.26 Å². The average Bonchev–Trinajstić information content (AvgIpc) is 3.40. The van der Waals surface area contributed by atoms with Gasteiger partial charge in [-0.25, -0.2) is 0 Å². The minimum atomic E-state index is 0.519. The van der Waals surface area contributed by atoms with Crippen molar-refractivity contribution in [2.45, 2.75) is 30.3 Å². The van der Waals surface area contributed by atoms with Crippen LogP contribution in [0, 0.1) is 0 Å². The van der Waals surface area contributed by atoms with Crippen LogP contribution in [0.1, 0.15) is 23.7 Å². The molecule has 0 aliphatic carbocycles. The molecule has 0 aliphatic rings. The number of halogens is 1. The Balaban J connectivity index is 1.47. The van der Waals surface area contributed by atoms with Gasteiger partial charge in [0.05, 0.1) is 5.75 Å². The highest BCUT2D eigenvalue weighted by Gasteiger charge is 2.16. The molecule has 0 spiro atoms. The summed E-state index contributed by atoms with van der Waals surface area (Å²) in [7, 11) is 1.70. The summed E-state index contributed by atoms with van der Waals surface area (Å²) in [6.45, 7) is 1.40. The number of ether oxygens (including phenoxy) is 1. The highest BCUT2D eigenvalue weighted by Crippen LogP contribution is 2.27. The summed E-state index contributed by atoms with van der Waals surface area (Å²) < 4.78 is 12.7. The molecule has 2 heterocycles. The molecule has 160 valence electrons. The first-order valence-corrected chi connectivity index (χ1v) is 11.3. The van der Waals surface area contributed by atoms with E-state index in [1.807, 2.05) is 54.6 Å². The van der Waals surface area contributed by atoms with E-state index in [9.17, 15) is 0 Å². The van der Waals surface area contributed by atoms with Crippen molar-refractivity contribution in [3.8, 4) is 11.4 Å². The molecule has 2 aromatic heterocycles. The van der Waals surface area contributed by atoms with E-state index in [-0.39, 0.29) is 0 Å². The van der Waals surface area contributed by atoms with E-state index < -0.39 is 0 Å². The lowest BCUT2D eigenvalue weighted by molar-refractivity contribution is 0.189. The van der Waals surface area contributed by atoms with Crippen LogP contribution in [-0.4, -0.2) is 38.6 Å². The van der Waals surface area contributed by atoms with Gasteiger partial charge in [-0.1, -0.05) is 58.9 Å². The Kier molecular flexibility index (Phi) is 7.35. The first-order valence-electron chi connectivity index (χ1n) is 9.89. The van der Waals surface area contributed by atoms with Crippen LogP contribution >= 0.6 is 23.4 Å². The largest absolute Gasteiger partial charge is 0.385 e. The predicted molar refractivity (Wildman–Crippen MR) is 120 cm³/mol. The third-order valence-corrected chi connectivity index (χ3v) is 5.79. The summed E-state index contributed by atoms with van der Waals surface area (Å²) >= 11 is 7.55. The third kappa shape index (κ3) is 5.72. The number of benzene rings is 2. The molecule has 0 bridgehead atoms. The SMILES string of the molecule is COCCCn1c(SCc2nc(Cc3ccccc3)no2)nnc1-c1ccc(Cl)cc1. The molecule has 0 atom stereocenters. The van der Waals surface area contributed by atoms with Gasteiger partial charge >= 0.3 is 0 Å². The maximum Gasteiger partial charge on any atom is 0.237 e. The Morgan fingerprint density at radius 2 is 1.87 bits per heavy atom. The van der Waals surface area contributed by atoms with Gasteiger partial charge < -0.3 is 13.8 Å². The number of rotatable bonds is 10. The van der Waals surface area contributed by atoms with Crippen LogP contribution in [0.15, 0.2) is 64.3 Å². The Morgan fingerprint density at radius 1 is 1.06 bits per heavy atom. The molecule has 0 saturated carbocycles. The zero-order chi connectivity index (χ0) is 21.5. The fourth-order valence-electron chi connectivity index (χ4n) is 3.10. The van der Waals surface area contributed by atoms with Crippen LogP contribution < -0.4 is 0 Å². The fraction of sp³-hybridized carbons (Fsp3) is 0.273. The van der Waals surface area contributed by atoms with Crippen LogP contribution in [0.25, 0.3) is 11.4 Å². The van der Waals surface area contributed by atoms with Gasteiger partial charge in [0.2, 0.25) is 5.89 Å². The summed E-state index contributed by atoms with van der Waals surface area (Å²) in [5.74, 6) is 2.55. The van der Waals surface area contributed by atoms with E-state index in [0.29, 0.717) is 35.5 Å². The van der Waals surface area contributed by atoms with Crippen molar-refractivity contribution in [3.63, 3.8) is 0 Å². The summed E-state index contributed by atoms with van der Waals surface area (Å²) in [6, 6.07) is 17.7.